The predicted molar refractivity (Wildman–Crippen MR) is 136 cm³/mol. The third kappa shape index (κ3) is 4.66. The summed E-state index contributed by atoms with van der Waals surface area (Å²) < 4.78 is 7.01. The number of carbonyl (C=O) groups is 4. The lowest BCUT2D eigenvalue weighted by molar-refractivity contribution is -0.194. The predicted octanol–water partition coefficient (Wildman–Crippen LogP) is 1.70. The zero-order valence-electron chi connectivity index (χ0n) is 21.9. The number of aliphatic carboxylic acids is 3. The number of hydrogen-bond donors (Lipinski definition) is 5. The first kappa shape index (κ1) is 28.5. The van der Waals surface area contributed by atoms with Crippen molar-refractivity contribution >= 4 is 34.8 Å². The van der Waals surface area contributed by atoms with Crippen LogP contribution in [0.3, 0.4) is 0 Å². The molecule has 0 unspecified atom stereocenters. The molecular formula is C27H34N2O10. The second-order valence-electron chi connectivity index (χ2n) is 10.7. The number of esters is 1. The van der Waals surface area contributed by atoms with Crippen molar-refractivity contribution in [1.82, 2.24) is 9.47 Å². The summed E-state index contributed by atoms with van der Waals surface area (Å²) in [6.07, 6.45) is 2.23. The van der Waals surface area contributed by atoms with Gasteiger partial charge in [0.1, 0.15) is 0 Å². The topological polar surface area (TPSA) is 187 Å². The van der Waals surface area contributed by atoms with Crippen LogP contribution in [0.5, 0.6) is 0 Å². The molecule has 5 rings (SSSR count). The maximum atomic E-state index is 12.8. The normalized spacial score (nSPS) is 25.7. The smallest absolute Gasteiger partial charge is 0.359 e. The average Bonchev–Trinajstić information content (AvgIpc) is 3.23. The van der Waals surface area contributed by atoms with Crippen molar-refractivity contribution in [3.8, 4) is 0 Å². The fourth-order valence-electron chi connectivity index (χ4n) is 6.81. The van der Waals surface area contributed by atoms with Gasteiger partial charge in [-0.25, -0.2) is 9.59 Å². The zero-order valence-corrected chi connectivity index (χ0v) is 21.9. The molecule has 1 aromatic carbocycles. The minimum Gasteiger partial charge on any atom is -0.481 e. The van der Waals surface area contributed by atoms with Gasteiger partial charge in [0.25, 0.3) is 0 Å². The van der Waals surface area contributed by atoms with Crippen LogP contribution in [0.4, 0.5) is 0 Å². The van der Waals surface area contributed by atoms with Crippen LogP contribution in [0, 0.1) is 5.41 Å². The summed E-state index contributed by atoms with van der Waals surface area (Å²) in [5, 5.41) is 46.7. The highest BCUT2D eigenvalue weighted by molar-refractivity contribution is 5.90. The van der Waals surface area contributed by atoms with Crippen molar-refractivity contribution in [3.63, 3.8) is 0 Å². The minimum absolute atomic E-state index is 0.0826. The van der Waals surface area contributed by atoms with E-state index in [4.69, 9.17) is 25.2 Å². The number of nitrogens with zero attached hydrogens (tertiary/aromatic N) is 2. The highest BCUT2D eigenvalue weighted by Gasteiger charge is 2.60. The van der Waals surface area contributed by atoms with E-state index in [1.807, 2.05) is 22.8 Å². The van der Waals surface area contributed by atoms with Gasteiger partial charge >= 0.3 is 23.9 Å². The van der Waals surface area contributed by atoms with Gasteiger partial charge in [-0.15, -0.1) is 0 Å². The van der Waals surface area contributed by atoms with Crippen LogP contribution in [-0.4, -0.2) is 84.7 Å². The average molecular weight is 547 g/mol. The monoisotopic (exact) mass is 546 g/mol. The number of methoxy groups -OCH3 is 1. The Hall–Kier alpha value is -3.48. The Bertz CT molecular complexity index is 1300. The van der Waals surface area contributed by atoms with Gasteiger partial charge in [0.15, 0.2) is 5.60 Å². The molecule has 0 aliphatic carbocycles. The lowest BCUT2D eigenvalue weighted by Gasteiger charge is -2.57. The van der Waals surface area contributed by atoms with Gasteiger partial charge in [0, 0.05) is 24.0 Å². The highest BCUT2D eigenvalue weighted by Crippen LogP contribution is 2.60. The van der Waals surface area contributed by atoms with Crippen LogP contribution >= 0.6 is 0 Å². The van der Waals surface area contributed by atoms with Crippen molar-refractivity contribution in [2.45, 2.75) is 69.2 Å². The fourth-order valence-corrected chi connectivity index (χ4v) is 6.81. The molecule has 3 atom stereocenters. The molecule has 1 saturated heterocycles. The molecule has 12 heteroatoms. The molecule has 212 valence electrons. The summed E-state index contributed by atoms with van der Waals surface area (Å²) in [6.45, 7) is 4.36. The van der Waals surface area contributed by atoms with Crippen LogP contribution in [0.2, 0.25) is 0 Å². The molecule has 1 fully saturated rings. The van der Waals surface area contributed by atoms with Crippen molar-refractivity contribution < 1.29 is 49.4 Å². The summed E-state index contributed by atoms with van der Waals surface area (Å²) in [7, 11) is 1.37. The number of carboxylic acids is 3. The molecule has 5 N–H and O–H groups in total. The Morgan fingerprint density at radius 3 is 2.28 bits per heavy atom. The molecule has 0 saturated carbocycles. The highest BCUT2D eigenvalue weighted by atomic mass is 16.5. The van der Waals surface area contributed by atoms with Gasteiger partial charge in [0.05, 0.1) is 31.5 Å². The van der Waals surface area contributed by atoms with E-state index < -0.39 is 48.0 Å². The van der Waals surface area contributed by atoms with Crippen molar-refractivity contribution in [3.05, 3.63) is 35.5 Å². The third-order valence-corrected chi connectivity index (χ3v) is 8.46. The lowest BCUT2D eigenvalue weighted by atomic mass is 9.62. The molecule has 12 nitrogen and oxygen atoms in total. The molecule has 39 heavy (non-hydrogen) atoms. The van der Waals surface area contributed by atoms with Crippen LogP contribution in [-0.2, 0) is 36.1 Å². The molecule has 2 aromatic rings. The Kier molecular flexibility index (Phi) is 7.50. The van der Waals surface area contributed by atoms with Gasteiger partial charge in [-0.2, -0.15) is 0 Å². The lowest BCUT2D eigenvalue weighted by Crippen LogP contribution is -2.60. The fraction of sp³-hybridized carbons (Fsp3) is 0.556. The molecule has 4 heterocycles. The third-order valence-electron chi connectivity index (χ3n) is 8.46. The van der Waals surface area contributed by atoms with Crippen LogP contribution in [0.15, 0.2) is 24.3 Å². The first-order valence-corrected chi connectivity index (χ1v) is 12.9. The quantitative estimate of drug-likeness (QED) is 0.318. The number of rotatable bonds is 7. The van der Waals surface area contributed by atoms with Crippen molar-refractivity contribution in [2.75, 3.05) is 20.2 Å². The summed E-state index contributed by atoms with van der Waals surface area (Å²) in [4.78, 5) is 45.9. The second kappa shape index (κ2) is 10.2. The van der Waals surface area contributed by atoms with Gasteiger partial charge < -0.3 is 34.8 Å². The largest absolute Gasteiger partial charge is 0.481 e. The maximum absolute atomic E-state index is 12.8. The van der Waals surface area contributed by atoms with E-state index in [2.05, 4.69) is 17.9 Å². The van der Waals surface area contributed by atoms with Crippen LogP contribution in [0.25, 0.3) is 10.9 Å². The Balaban J connectivity index is 0.000000233. The SMILES string of the molecule is CC[C@]12CCCN3CCc4c(n(c5ccccc45)[C@@](O)(C(=O)OC)C1)[C@@H]32.O=C(O)CC(O)(CC(=O)O)C(=O)O. The number of fused-ring (bicyclic) bond motifs is 3. The number of carbonyl (C=O) groups excluding carboxylic acids is 1. The van der Waals surface area contributed by atoms with Crippen LogP contribution in [0.1, 0.15) is 62.7 Å². The number of hydrogen-bond acceptors (Lipinski definition) is 8. The first-order chi connectivity index (χ1) is 18.3. The van der Waals surface area contributed by atoms with Crippen LogP contribution < -0.4 is 0 Å². The molecule has 0 radical (unpaired) electrons. The molecule has 0 bridgehead atoms. The van der Waals surface area contributed by atoms with E-state index in [0.29, 0.717) is 6.42 Å². The summed E-state index contributed by atoms with van der Waals surface area (Å²) >= 11 is 0. The van der Waals surface area contributed by atoms with Gasteiger partial charge in [-0.05, 0) is 49.3 Å². The number of piperidine rings is 1. The minimum atomic E-state index is -2.74. The van der Waals surface area contributed by atoms with E-state index >= 15 is 0 Å². The van der Waals surface area contributed by atoms with Gasteiger partial charge in [-0.3, -0.25) is 14.5 Å². The van der Waals surface area contributed by atoms with Gasteiger partial charge in [0.2, 0.25) is 5.72 Å². The summed E-state index contributed by atoms with van der Waals surface area (Å²) in [5.74, 6) is -5.57. The molecule has 3 aliphatic rings. The van der Waals surface area contributed by atoms with Crippen molar-refractivity contribution in [1.29, 1.82) is 0 Å². The number of para-hydroxylation sites is 1. The summed E-state index contributed by atoms with van der Waals surface area (Å²) in [6, 6.07) is 8.45. The zero-order chi connectivity index (χ0) is 28.8. The van der Waals surface area contributed by atoms with E-state index in [9.17, 15) is 24.3 Å². The Morgan fingerprint density at radius 2 is 1.72 bits per heavy atom. The number of benzene rings is 1. The van der Waals surface area contributed by atoms with E-state index in [1.165, 1.54) is 18.1 Å². The molecule has 0 spiro atoms. The Morgan fingerprint density at radius 1 is 1.08 bits per heavy atom. The standard InChI is InChI=1S/C21H26N2O3.C6H8O7/c1-3-20-10-6-11-22-12-9-15-14-7-4-5-8-16(14)23(17(15)18(20)22)21(25,13-20)19(24)26-2;7-3(8)1-6(13,5(11)12)2-4(9)10/h4-5,7-8,18,25H,3,6,9-13H2,1-2H3;13H,1-2H2,(H,7,8)(H,9,10)(H,11,12)/t18-,20+,21+;/m1./s1. The summed E-state index contributed by atoms with van der Waals surface area (Å²) in [5.41, 5.74) is -1.04. The number of carboxylic acid groups (broad SMARTS) is 3. The molecule has 3 aliphatic heterocycles. The molecular weight excluding hydrogens is 512 g/mol. The van der Waals surface area contributed by atoms with E-state index in [-0.39, 0.29) is 11.5 Å². The molecule has 1 aromatic heterocycles. The molecule has 0 amide bonds. The van der Waals surface area contributed by atoms with Crippen molar-refractivity contribution in [2.24, 2.45) is 5.41 Å². The number of aliphatic hydroxyl groups is 2. The maximum Gasteiger partial charge on any atom is 0.359 e. The van der Waals surface area contributed by atoms with Gasteiger partial charge in [-0.1, -0.05) is 25.1 Å². The Labute approximate surface area is 224 Å². The number of aromatic nitrogens is 1. The second-order valence-corrected chi connectivity index (χ2v) is 10.7. The first-order valence-electron chi connectivity index (χ1n) is 12.9. The van der Waals surface area contributed by atoms with E-state index in [0.717, 1.165) is 50.0 Å². The van der Waals surface area contributed by atoms with E-state index in [1.54, 1.807) is 0 Å². The number of ether oxygens (including phenoxy) is 1.